The molecule has 2 aromatic rings. The Morgan fingerprint density at radius 3 is 2.78 bits per heavy atom. The molecule has 1 aromatic heterocycles. The van der Waals surface area contributed by atoms with Crippen LogP contribution in [0.2, 0.25) is 0 Å². The molecule has 0 unspecified atom stereocenters. The van der Waals surface area contributed by atoms with Gasteiger partial charge in [-0.1, -0.05) is 36.4 Å². The molecule has 1 aliphatic heterocycles. The van der Waals surface area contributed by atoms with Gasteiger partial charge in [0.1, 0.15) is 11.5 Å². The number of fused-ring (bicyclic) bond motifs is 1. The number of furan rings is 1. The second kappa shape index (κ2) is 4.22. The van der Waals surface area contributed by atoms with Gasteiger partial charge in [-0.3, -0.25) is 0 Å². The van der Waals surface area contributed by atoms with Crippen molar-refractivity contribution in [3.05, 3.63) is 65.6 Å². The van der Waals surface area contributed by atoms with Crippen molar-refractivity contribution in [3.8, 4) is 11.3 Å². The van der Waals surface area contributed by atoms with E-state index in [4.69, 9.17) is 4.42 Å². The number of allylic oxidation sites excluding steroid dienone is 1. The Morgan fingerprint density at radius 2 is 2.06 bits per heavy atom. The molecule has 0 bridgehead atoms. The molecule has 1 aromatic carbocycles. The molecule has 0 spiro atoms. The summed E-state index contributed by atoms with van der Waals surface area (Å²) in [6.07, 6.45) is 3.79. The molecule has 1 N–H and O–H groups in total. The van der Waals surface area contributed by atoms with E-state index >= 15 is 0 Å². The van der Waals surface area contributed by atoms with Crippen LogP contribution in [-0.2, 0) is 6.54 Å². The smallest absolute Gasteiger partial charge is 0.135 e. The van der Waals surface area contributed by atoms with Crippen molar-refractivity contribution < 1.29 is 4.42 Å². The van der Waals surface area contributed by atoms with Crippen LogP contribution < -0.4 is 5.32 Å². The first kappa shape index (κ1) is 10.9. The third kappa shape index (κ3) is 1.86. The van der Waals surface area contributed by atoms with E-state index in [9.17, 15) is 0 Å². The molecule has 18 heavy (non-hydrogen) atoms. The Morgan fingerprint density at radius 1 is 1.28 bits per heavy atom. The number of rotatable bonds is 2. The standard InChI is InChI=1S/C16H15NO/c1-3-14-9-16-13(10-17-14)8-15(18-16)12-6-4-11(2)5-7-12/h3-9,17H,1,10H2,2H3. The first-order valence-electron chi connectivity index (χ1n) is 6.04. The molecule has 2 nitrogen and oxygen atoms in total. The molecule has 90 valence electrons. The minimum atomic E-state index is 0.794. The summed E-state index contributed by atoms with van der Waals surface area (Å²) in [5, 5.41) is 3.28. The highest BCUT2D eigenvalue weighted by Crippen LogP contribution is 2.29. The summed E-state index contributed by atoms with van der Waals surface area (Å²) in [7, 11) is 0. The number of nitrogens with one attached hydrogen (secondary N) is 1. The van der Waals surface area contributed by atoms with Crippen molar-refractivity contribution >= 4 is 6.08 Å². The molecular weight excluding hydrogens is 222 g/mol. The zero-order valence-corrected chi connectivity index (χ0v) is 10.4. The molecule has 0 saturated heterocycles. The highest BCUT2D eigenvalue weighted by Gasteiger charge is 2.14. The lowest BCUT2D eigenvalue weighted by Gasteiger charge is -2.11. The maximum atomic E-state index is 5.90. The van der Waals surface area contributed by atoms with Crippen LogP contribution in [0.1, 0.15) is 16.9 Å². The fourth-order valence-electron chi connectivity index (χ4n) is 2.08. The first-order chi connectivity index (χ1) is 8.76. The molecule has 0 atom stereocenters. The van der Waals surface area contributed by atoms with E-state index in [1.165, 1.54) is 11.1 Å². The first-order valence-corrected chi connectivity index (χ1v) is 6.04. The van der Waals surface area contributed by atoms with Crippen molar-refractivity contribution in [2.24, 2.45) is 0 Å². The Labute approximate surface area is 107 Å². The summed E-state index contributed by atoms with van der Waals surface area (Å²) in [6.45, 7) is 6.64. The predicted octanol–water partition coefficient (Wildman–Crippen LogP) is 3.89. The minimum absolute atomic E-state index is 0.794. The van der Waals surface area contributed by atoms with Crippen LogP contribution in [0, 0.1) is 6.92 Å². The summed E-state index contributed by atoms with van der Waals surface area (Å²) in [4.78, 5) is 0. The number of aryl methyl sites for hydroxylation is 1. The lowest BCUT2D eigenvalue weighted by Crippen LogP contribution is -2.14. The molecule has 0 radical (unpaired) electrons. The Hall–Kier alpha value is -2.22. The van der Waals surface area contributed by atoms with Crippen molar-refractivity contribution in [2.45, 2.75) is 13.5 Å². The van der Waals surface area contributed by atoms with Crippen LogP contribution in [0.4, 0.5) is 0 Å². The maximum Gasteiger partial charge on any atom is 0.135 e. The number of hydrogen-bond donors (Lipinski definition) is 1. The van der Waals surface area contributed by atoms with E-state index in [0.717, 1.165) is 29.3 Å². The zero-order valence-electron chi connectivity index (χ0n) is 10.4. The van der Waals surface area contributed by atoms with Gasteiger partial charge in [0.15, 0.2) is 0 Å². The Balaban J connectivity index is 2.01. The van der Waals surface area contributed by atoms with Crippen molar-refractivity contribution in [3.63, 3.8) is 0 Å². The van der Waals surface area contributed by atoms with Crippen molar-refractivity contribution in [2.75, 3.05) is 0 Å². The Kier molecular flexibility index (Phi) is 2.56. The van der Waals surface area contributed by atoms with Gasteiger partial charge in [0.25, 0.3) is 0 Å². The second-order valence-electron chi connectivity index (χ2n) is 4.52. The van der Waals surface area contributed by atoms with Gasteiger partial charge in [0.2, 0.25) is 0 Å². The summed E-state index contributed by atoms with van der Waals surface area (Å²) < 4.78 is 5.90. The van der Waals surface area contributed by atoms with Gasteiger partial charge in [-0.15, -0.1) is 0 Å². The maximum absolute atomic E-state index is 5.90. The quantitative estimate of drug-likeness (QED) is 0.857. The van der Waals surface area contributed by atoms with Crippen LogP contribution in [0.15, 0.2) is 53.1 Å². The molecule has 3 rings (SSSR count). The highest BCUT2D eigenvalue weighted by atomic mass is 16.3. The topological polar surface area (TPSA) is 25.2 Å². The van der Waals surface area contributed by atoms with E-state index in [-0.39, 0.29) is 0 Å². The van der Waals surface area contributed by atoms with Gasteiger partial charge < -0.3 is 9.73 Å². The van der Waals surface area contributed by atoms with Gasteiger partial charge in [-0.2, -0.15) is 0 Å². The summed E-state index contributed by atoms with van der Waals surface area (Å²) >= 11 is 0. The molecular formula is C16H15NO. The van der Waals surface area contributed by atoms with Crippen LogP contribution >= 0.6 is 0 Å². The van der Waals surface area contributed by atoms with Gasteiger partial charge in [-0.25, -0.2) is 0 Å². The molecule has 1 aliphatic rings. The SMILES string of the molecule is C=CC1=Cc2oc(-c3ccc(C)cc3)cc2CN1. The van der Waals surface area contributed by atoms with Crippen LogP contribution in [0.25, 0.3) is 17.4 Å². The Bertz CT molecular complexity index is 617. The largest absolute Gasteiger partial charge is 0.456 e. The van der Waals surface area contributed by atoms with Crippen molar-refractivity contribution in [1.82, 2.24) is 5.32 Å². The second-order valence-corrected chi connectivity index (χ2v) is 4.52. The fraction of sp³-hybridized carbons (Fsp3) is 0.125. The van der Waals surface area contributed by atoms with Crippen LogP contribution in [-0.4, -0.2) is 0 Å². The lowest BCUT2D eigenvalue weighted by molar-refractivity contribution is 0.561. The fourth-order valence-corrected chi connectivity index (χ4v) is 2.08. The third-order valence-corrected chi connectivity index (χ3v) is 3.17. The molecule has 0 aliphatic carbocycles. The predicted molar refractivity (Wildman–Crippen MR) is 73.9 cm³/mol. The van der Waals surface area contributed by atoms with E-state index in [1.807, 2.05) is 6.08 Å². The van der Waals surface area contributed by atoms with Crippen LogP contribution in [0.3, 0.4) is 0 Å². The number of benzene rings is 1. The molecule has 2 heteroatoms. The normalized spacial score (nSPS) is 13.5. The average Bonchev–Trinajstić information content (AvgIpc) is 2.82. The lowest BCUT2D eigenvalue weighted by atomic mass is 10.1. The number of hydrogen-bond acceptors (Lipinski definition) is 2. The molecule has 0 amide bonds. The highest BCUT2D eigenvalue weighted by molar-refractivity contribution is 5.65. The van der Waals surface area contributed by atoms with Gasteiger partial charge >= 0.3 is 0 Å². The van der Waals surface area contributed by atoms with Gasteiger partial charge in [0, 0.05) is 29.4 Å². The third-order valence-electron chi connectivity index (χ3n) is 3.17. The minimum Gasteiger partial charge on any atom is -0.456 e. The van der Waals surface area contributed by atoms with E-state index in [0.29, 0.717) is 0 Å². The summed E-state index contributed by atoms with van der Waals surface area (Å²) in [6, 6.07) is 10.5. The summed E-state index contributed by atoms with van der Waals surface area (Å²) in [5.41, 5.74) is 4.57. The van der Waals surface area contributed by atoms with Crippen molar-refractivity contribution in [1.29, 1.82) is 0 Å². The summed E-state index contributed by atoms with van der Waals surface area (Å²) in [5.74, 6) is 1.85. The van der Waals surface area contributed by atoms with E-state index in [1.54, 1.807) is 6.08 Å². The average molecular weight is 237 g/mol. The zero-order chi connectivity index (χ0) is 12.5. The van der Waals surface area contributed by atoms with Gasteiger partial charge in [0.05, 0.1) is 0 Å². The van der Waals surface area contributed by atoms with Gasteiger partial charge in [-0.05, 0) is 19.1 Å². The molecule has 0 fully saturated rings. The van der Waals surface area contributed by atoms with E-state index in [2.05, 4.69) is 49.2 Å². The monoisotopic (exact) mass is 237 g/mol. The molecule has 0 saturated carbocycles. The molecule has 2 heterocycles. The van der Waals surface area contributed by atoms with Crippen LogP contribution in [0.5, 0.6) is 0 Å². The van der Waals surface area contributed by atoms with E-state index < -0.39 is 0 Å².